The molecule has 0 atom stereocenters. The summed E-state index contributed by atoms with van der Waals surface area (Å²) in [4.78, 5) is 39.9. The van der Waals surface area contributed by atoms with Crippen LogP contribution in [0.25, 0.3) is 16.8 Å². The molecule has 3 amide bonds. The number of methoxy groups -OCH3 is 2. The summed E-state index contributed by atoms with van der Waals surface area (Å²) in [6.07, 6.45) is 1.65. The lowest BCUT2D eigenvalue weighted by molar-refractivity contribution is -0.123. The number of hydrogen-bond donors (Lipinski definition) is 1. The van der Waals surface area contributed by atoms with Crippen LogP contribution in [0.15, 0.2) is 89.8 Å². The lowest BCUT2D eigenvalue weighted by Gasteiger charge is -2.14. The van der Waals surface area contributed by atoms with E-state index in [1.807, 2.05) is 48.5 Å². The second-order valence-corrected chi connectivity index (χ2v) is 9.85. The molecule has 1 saturated heterocycles. The number of rotatable bonds is 9. The van der Waals surface area contributed by atoms with Crippen molar-refractivity contribution in [2.24, 2.45) is 0 Å². The van der Waals surface area contributed by atoms with Crippen LogP contribution >= 0.6 is 11.8 Å². The Morgan fingerprint density at radius 1 is 0.875 bits per heavy atom. The number of fused-ring (bicyclic) bond motifs is 1. The third-order valence-electron chi connectivity index (χ3n) is 6.31. The molecule has 0 spiro atoms. The Hall–Kier alpha value is -4.76. The molecular weight excluding hydrogens is 528 g/mol. The fourth-order valence-electron chi connectivity index (χ4n) is 4.36. The van der Waals surface area contributed by atoms with Crippen LogP contribution in [0.5, 0.6) is 17.2 Å². The first-order valence-electron chi connectivity index (χ1n) is 12.4. The van der Waals surface area contributed by atoms with Crippen LogP contribution in [0, 0.1) is 0 Å². The number of nitrogens with zero attached hydrogens (tertiary/aromatic N) is 1. The SMILES string of the molecule is COc1ccccc1NC(=O)COc1ccc(/C=C2\SC(=O)N(Cc3cccc4ccccc34)C2=O)cc1OC. The van der Waals surface area contributed by atoms with Crippen molar-refractivity contribution in [2.45, 2.75) is 6.54 Å². The largest absolute Gasteiger partial charge is 0.495 e. The van der Waals surface area contributed by atoms with Crippen molar-refractivity contribution in [3.8, 4) is 17.2 Å². The highest BCUT2D eigenvalue weighted by atomic mass is 32.2. The average Bonchev–Trinajstić information content (AvgIpc) is 3.24. The highest BCUT2D eigenvalue weighted by molar-refractivity contribution is 8.18. The van der Waals surface area contributed by atoms with E-state index < -0.39 is 0 Å². The molecular formula is C31H26N2O6S. The number of anilines is 1. The maximum atomic E-state index is 13.2. The van der Waals surface area contributed by atoms with Gasteiger partial charge in [0.25, 0.3) is 17.1 Å². The quantitative estimate of drug-likeness (QED) is 0.250. The molecule has 1 heterocycles. The number of para-hydroxylation sites is 2. The van der Waals surface area contributed by atoms with Gasteiger partial charge in [0.15, 0.2) is 18.1 Å². The molecule has 0 saturated carbocycles. The van der Waals surface area contributed by atoms with Crippen LogP contribution in [0.4, 0.5) is 10.5 Å². The van der Waals surface area contributed by atoms with Crippen molar-refractivity contribution < 1.29 is 28.6 Å². The molecule has 1 fully saturated rings. The van der Waals surface area contributed by atoms with E-state index >= 15 is 0 Å². The molecule has 1 aliphatic rings. The zero-order valence-electron chi connectivity index (χ0n) is 21.9. The van der Waals surface area contributed by atoms with Gasteiger partial charge in [-0.05, 0) is 64.0 Å². The maximum absolute atomic E-state index is 13.2. The van der Waals surface area contributed by atoms with E-state index in [-0.39, 0.29) is 30.2 Å². The first-order valence-corrected chi connectivity index (χ1v) is 13.2. The summed E-state index contributed by atoms with van der Waals surface area (Å²) in [5, 5.41) is 4.49. The van der Waals surface area contributed by atoms with Crippen LogP contribution in [0.1, 0.15) is 11.1 Å². The summed E-state index contributed by atoms with van der Waals surface area (Å²) in [5.74, 6) is 0.567. The van der Waals surface area contributed by atoms with Gasteiger partial charge in [-0.15, -0.1) is 0 Å². The number of amides is 3. The van der Waals surface area contributed by atoms with E-state index in [0.29, 0.717) is 33.4 Å². The number of imide groups is 1. The van der Waals surface area contributed by atoms with Crippen molar-refractivity contribution in [1.82, 2.24) is 4.90 Å². The molecule has 0 bridgehead atoms. The molecule has 1 aliphatic heterocycles. The Morgan fingerprint density at radius 3 is 2.45 bits per heavy atom. The first-order chi connectivity index (χ1) is 19.5. The smallest absolute Gasteiger partial charge is 0.293 e. The Labute approximate surface area is 235 Å². The van der Waals surface area contributed by atoms with Gasteiger partial charge in [-0.2, -0.15) is 0 Å². The van der Waals surface area contributed by atoms with Crippen molar-refractivity contribution >= 4 is 51.4 Å². The molecule has 0 unspecified atom stereocenters. The van der Waals surface area contributed by atoms with E-state index in [2.05, 4.69) is 5.32 Å². The number of carbonyl (C=O) groups is 3. The Kier molecular flexibility index (Phi) is 8.02. The summed E-state index contributed by atoms with van der Waals surface area (Å²) < 4.78 is 16.4. The van der Waals surface area contributed by atoms with Gasteiger partial charge in [0.2, 0.25) is 0 Å². The van der Waals surface area contributed by atoms with Crippen LogP contribution in [0.2, 0.25) is 0 Å². The second-order valence-electron chi connectivity index (χ2n) is 8.85. The minimum absolute atomic E-state index is 0.191. The van der Waals surface area contributed by atoms with Gasteiger partial charge in [0.05, 0.1) is 31.4 Å². The van der Waals surface area contributed by atoms with Gasteiger partial charge >= 0.3 is 0 Å². The third-order valence-corrected chi connectivity index (χ3v) is 7.21. The standard InChI is InChI=1S/C31H26N2O6S/c1-37-25-13-6-5-12-24(25)32-29(34)19-39-26-15-14-20(16-27(26)38-2)17-28-30(35)33(31(36)40-28)18-22-10-7-9-21-8-3-4-11-23(21)22/h3-17H,18-19H2,1-2H3,(H,32,34)/b28-17-. The van der Waals surface area contributed by atoms with Gasteiger partial charge < -0.3 is 19.5 Å². The third kappa shape index (κ3) is 5.79. The van der Waals surface area contributed by atoms with Crippen LogP contribution in [0.3, 0.4) is 0 Å². The average molecular weight is 555 g/mol. The number of thioether (sulfide) groups is 1. The number of benzene rings is 4. The fourth-order valence-corrected chi connectivity index (χ4v) is 5.20. The van der Waals surface area contributed by atoms with Crippen molar-refractivity contribution in [3.63, 3.8) is 0 Å². The summed E-state index contributed by atoms with van der Waals surface area (Å²) in [5.41, 5.74) is 2.09. The summed E-state index contributed by atoms with van der Waals surface area (Å²) in [6, 6.07) is 25.9. The number of hydrogen-bond acceptors (Lipinski definition) is 7. The van der Waals surface area contributed by atoms with E-state index in [1.54, 1.807) is 42.5 Å². The van der Waals surface area contributed by atoms with Crippen LogP contribution in [-0.2, 0) is 16.1 Å². The second kappa shape index (κ2) is 12.0. The lowest BCUT2D eigenvalue weighted by atomic mass is 10.0. The normalized spacial score (nSPS) is 14.1. The molecule has 40 heavy (non-hydrogen) atoms. The highest BCUT2D eigenvalue weighted by Crippen LogP contribution is 2.36. The van der Waals surface area contributed by atoms with E-state index in [9.17, 15) is 14.4 Å². The molecule has 202 valence electrons. The van der Waals surface area contributed by atoms with Gasteiger partial charge in [-0.3, -0.25) is 19.3 Å². The van der Waals surface area contributed by atoms with Gasteiger partial charge in [-0.25, -0.2) is 0 Å². The molecule has 4 aromatic rings. The topological polar surface area (TPSA) is 94.2 Å². The van der Waals surface area contributed by atoms with Crippen LogP contribution in [-0.4, -0.2) is 42.8 Å². The molecule has 1 N–H and O–H groups in total. The van der Waals surface area contributed by atoms with Crippen LogP contribution < -0.4 is 19.5 Å². The van der Waals surface area contributed by atoms with Crippen molar-refractivity contribution in [3.05, 3.63) is 101 Å². The molecule has 4 aromatic carbocycles. The molecule has 9 heteroatoms. The van der Waals surface area contributed by atoms with Gasteiger partial charge in [0, 0.05) is 0 Å². The van der Waals surface area contributed by atoms with E-state index in [4.69, 9.17) is 14.2 Å². The van der Waals surface area contributed by atoms with E-state index in [1.165, 1.54) is 19.1 Å². The molecule has 0 aliphatic carbocycles. The molecule has 0 radical (unpaired) electrons. The first kappa shape index (κ1) is 26.8. The van der Waals surface area contributed by atoms with Gasteiger partial charge in [-0.1, -0.05) is 60.7 Å². The number of carbonyl (C=O) groups excluding carboxylic acids is 3. The van der Waals surface area contributed by atoms with E-state index in [0.717, 1.165) is 28.1 Å². The molecule has 0 aromatic heterocycles. The Balaban J connectivity index is 1.27. The minimum Gasteiger partial charge on any atom is -0.495 e. The number of ether oxygens (including phenoxy) is 3. The number of nitrogens with one attached hydrogen (secondary N) is 1. The minimum atomic E-state index is -0.365. The Morgan fingerprint density at radius 2 is 1.62 bits per heavy atom. The monoisotopic (exact) mass is 554 g/mol. The molecule has 5 rings (SSSR count). The molecule has 8 nitrogen and oxygen atoms in total. The predicted molar refractivity (Wildman–Crippen MR) is 156 cm³/mol. The van der Waals surface area contributed by atoms with Crippen molar-refractivity contribution in [1.29, 1.82) is 0 Å². The summed E-state index contributed by atoms with van der Waals surface area (Å²) in [6.45, 7) is -0.0583. The maximum Gasteiger partial charge on any atom is 0.293 e. The predicted octanol–water partition coefficient (Wildman–Crippen LogP) is 6.11. The lowest BCUT2D eigenvalue weighted by Crippen LogP contribution is -2.27. The summed E-state index contributed by atoms with van der Waals surface area (Å²) in [7, 11) is 3.01. The van der Waals surface area contributed by atoms with Crippen molar-refractivity contribution in [2.75, 3.05) is 26.1 Å². The zero-order valence-corrected chi connectivity index (χ0v) is 22.7. The zero-order chi connectivity index (χ0) is 28.1. The highest BCUT2D eigenvalue weighted by Gasteiger charge is 2.35. The Bertz CT molecular complexity index is 1630. The summed E-state index contributed by atoms with van der Waals surface area (Å²) >= 11 is 0.900. The fraction of sp³-hybridized carbons (Fsp3) is 0.129. The van der Waals surface area contributed by atoms with Gasteiger partial charge in [0.1, 0.15) is 5.75 Å².